The molecule has 1 aromatic heterocycles. The second-order valence-electron chi connectivity index (χ2n) is 6.22. The van der Waals surface area contributed by atoms with Gasteiger partial charge in [0.2, 0.25) is 0 Å². The summed E-state index contributed by atoms with van der Waals surface area (Å²) < 4.78 is 5.04. The highest BCUT2D eigenvalue weighted by Gasteiger charge is 2.27. The van der Waals surface area contributed by atoms with Crippen molar-refractivity contribution in [2.45, 2.75) is 40.0 Å². The van der Waals surface area contributed by atoms with Crippen molar-refractivity contribution in [3.8, 4) is 0 Å². The van der Waals surface area contributed by atoms with E-state index in [9.17, 15) is 19.7 Å². The lowest BCUT2D eigenvalue weighted by atomic mass is 10.1. The van der Waals surface area contributed by atoms with Crippen LogP contribution in [0.3, 0.4) is 0 Å². The van der Waals surface area contributed by atoms with Crippen LogP contribution in [-0.4, -0.2) is 34.9 Å². The van der Waals surface area contributed by atoms with Crippen molar-refractivity contribution >= 4 is 45.6 Å². The standard InChI is InChI=1S/C19H22ClN3O5S/c1-4-6-7-10-22(19-21-12(3)16(29-19)18(25)28-5-2)17(24)14-11-13(23(26)27)8-9-15(14)20/h8-9,11H,4-7,10H2,1-3H3. The lowest BCUT2D eigenvalue weighted by Gasteiger charge is -2.20. The van der Waals surface area contributed by atoms with Crippen LogP contribution in [0.2, 0.25) is 5.02 Å². The van der Waals surface area contributed by atoms with Crippen LogP contribution in [0.25, 0.3) is 0 Å². The molecule has 0 fully saturated rings. The van der Waals surface area contributed by atoms with Crippen LogP contribution in [-0.2, 0) is 4.74 Å². The SMILES string of the molecule is CCCCCN(C(=O)c1cc([N+](=O)[O-])ccc1Cl)c1nc(C)c(C(=O)OCC)s1. The molecule has 8 nitrogen and oxygen atoms in total. The van der Waals surface area contributed by atoms with Gasteiger partial charge in [-0.25, -0.2) is 9.78 Å². The van der Waals surface area contributed by atoms with Crippen molar-refractivity contribution < 1.29 is 19.2 Å². The summed E-state index contributed by atoms with van der Waals surface area (Å²) >= 11 is 7.21. The van der Waals surface area contributed by atoms with E-state index in [0.29, 0.717) is 28.7 Å². The first-order valence-corrected chi connectivity index (χ1v) is 10.4. The van der Waals surface area contributed by atoms with Crippen LogP contribution in [0.5, 0.6) is 0 Å². The smallest absolute Gasteiger partial charge is 0.350 e. The number of ether oxygens (including phenoxy) is 1. The molecule has 0 aliphatic rings. The van der Waals surface area contributed by atoms with Gasteiger partial charge >= 0.3 is 5.97 Å². The van der Waals surface area contributed by atoms with Crippen molar-refractivity contribution in [2.24, 2.45) is 0 Å². The maximum atomic E-state index is 13.2. The maximum Gasteiger partial charge on any atom is 0.350 e. The fourth-order valence-electron chi connectivity index (χ4n) is 2.62. The van der Waals surface area contributed by atoms with Gasteiger partial charge in [-0.1, -0.05) is 42.7 Å². The number of esters is 1. The Balaban J connectivity index is 2.44. The number of rotatable bonds is 9. The van der Waals surface area contributed by atoms with Crippen LogP contribution < -0.4 is 4.90 Å². The fourth-order valence-corrected chi connectivity index (χ4v) is 3.81. The molecule has 2 aromatic rings. The van der Waals surface area contributed by atoms with E-state index in [2.05, 4.69) is 4.98 Å². The summed E-state index contributed by atoms with van der Waals surface area (Å²) in [6, 6.07) is 3.73. The molecule has 0 atom stereocenters. The number of non-ortho nitro benzene ring substituents is 1. The summed E-state index contributed by atoms with van der Waals surface area (Å²) in [6.07, 6.45) is 2.55. The number of unbranched alkanes of at least 4 members (excludes halogenated alkanes) is 2. The summed E-state index contributed by atoms with van der Waals surface area (Å²) in [4.78, 5) is 42.0. The molecule has 1 amide bonds. The van der Waals surface area contributed by atoms with Gasteiger partial charge in [0, 0.05) is 18.7 Å². The van der Waals surface area contributed by atoms with Gasteiger partial charge < -0.3 is 4.74 Å². The molecule has 0 aliphatic carbocycles. The third kappa shape index (κ3) is 5.51. The third-order valence-corrected chi connectivity index (χ3v) is 5.59. The van der Waals surface area contributed by atoms with Crippen molar-refractivity contribution in [3.05, 3.63) is 49.5 Å². The lowest BCUT2D eigenvalue weighted by molar-refractivity contribution is -0.384. The third-order valence-electron chi connectivity index (χ3n) is 4.10. The van der Waals surface area contributed by atoms with Crippen LogP contribution in [0.4, 0.5) is 10.8 Å². The first-order valence-electron chi connectivity index (χ1n) is 9.20. The van der Waals surface area contributed by atoms with Crippen molar-refractivity contribution in [3.63, 3.8) is 0 Å². The molecule has 0 N–H and O–H groups in total. The van der Waals surface area contributed by atoms with Gasteiger partial charge in [0.05, 0.1) is 27.8 Å². The highest BCUT2D eigenvalue weighted by atomic mass is 35.5. The predicted molar refractivity (Wildman–Crippen MR) is 112 cm³/mol. The van der Waals surface area contributed by atoms with Gasteiger partial charge in [-0.2, -0.15) is 0 Å². The Morgan fingerprint density at radius 2 is 2.03 bits per heavy atom. The highest BCUT2D eigenvalue weighted by Crippen LogP contribution is 2.31. The van der Waals surface area contributed by atoms with Crippen LogP contribution in [0, 0.1) is 17.0 Å². The molecule has 0 saturated carbocycles. The topological polar surface area (TPSA) is 103 Å². The number of aryl methyl sites for hydroxylation is 1. The Kier molecular flexibility index (Phi) is 8.10. The average Bonchev–Trinajstić information content (AvgIpc) is 3.06. The minimum Gasteiger partial charge on any atom is -0.462 e. The lowest BCUT2D eigenvalue weighted by Crippen LogP contribution is -2.32. The van der Waals surface area contributed by atoms with E-state index >= 15 is 0 Å². The summed E-state index contributed by atoms with van der Waals surface area (Å²) in [7, 11) is 0. The number of aromatic nitrogens is 1. The van der Waals surface area contributed by atoms with E-state index in [1.54, 1.807) is 13.8 Å². The quantitative estimate of drug-likeness (QED) is 0.235. The van der Waals surface area contributed by atoms with E-state index in [0.717, 1.165) is 30.2 Å². The van der Waals surface area contributed by atoms with Crippen LogP contribution in [0.15, 0.2) is 18.2 Å². The van der Waals surface area contributed by atoms with Crippen LogP contribution >= 0.6 is 22.9 Å². The molecule has 0 aliphatic heterocycles. The van der Waals surface area contributed by atoms with E-state index < -0.39 is 16.8 Å². The predicted octanol–water partition coefficient (Wildman–Crippen LogP) is 5.03. The summed E-state index contributed by atoms with van der Waals surface area (Å²) in [5, 5.41) is 11.5. The zero-order valence-corrected chi connectivity index (χ0v) is 18.0. The Labute approximate surface area is 177 Å². The van der Waals surface area contributed by atoms with Crippen LogP contribution in [0.1, 0.15) is 58.8 Å². The minimum absolute atomic E-state index is 0.0166. The number of nitrogens with zero attached hydrogens (tertiary/aromatic N) is 3. The number of carbonyl (C=O) groups excluding carboxylic acids is 2. The van der Waals surface area contributed by atoms with Gasteiger partial charge in [-0.15, -0.1) is 0 Å². The Hall–Kier alpha value is -2.52. The first-order chi connectivity index (χ1) is 13.8. The number of nitro groups is 1. The molecular weight excluding hydrogens is 418 g/mol. The number of nitro benzene ring substituents is 1. The number of anilines is 1. The minimum atomic E-state index is -0.582. The van der Waals surface area contributed by atoms with E-state index in [1.165, 1.54) is 17.0 Å². The zero-order chi connectivity index (χ0) is 21.6. The number of benzene rings is 1. The fraction of sp³-hybridized carbons (Fsp3) is 0.421. The molecule has 0 unspecified atom stereocenters. The molecule has 29 heavy (non-hydrogen) atoms. The van der Waals surface area contributed by atoms with Gasteiger partial charge in [0.1, 0.15) is 4.88 Å². The van der Waals surface area contributed by atoms with Gasteiger partial charge in [0.25, 0.3) is 11.6 Å². The summed E-state index contributed by atoms with van der Waals surface area (Å²) in [6.45, 7) is 5.99. The molecule has 1 aromatic carbocycles. The van der Waals surface area contributed by atoms with Crippen molar-refractivity contribution in [2.75, 3.05) is 18.1 Å². The normalized spacial score (nSPS) is 10.6. The molecule has 0 radical (unpaired) electrons. The second-order valence-corrected chi connectivity index (χ2v) is 7.60. The molecule has 2 rings (SSSR count). The zero-order valence-electron chi connectivity index (χ0n) is 16.4. The first kappa shape index (κ1) is 22.8. The second kappa shape index (κ2) is 10.3. The maximum absolute atomic E-state index is 13.2. The van der Waals surface area contributed by atoms with Gasteiger partial charge in [-0.05, 0) is 26.3 Å². The Morgan fingerprint density at radius 3 is 2.66 bits per heavy atom. The van der Waals surface area contributed by atoms with Crippen molar-refractivity contribution in [1.82, 2.24) is 4.98 Å². The van der Waals surface area contributed by atoms with E-state index in [-0.39, 0.29) is 22.9 Å². The monoisotopic (exact) mass is 439 g/mol. The number of hydrogen-bond donors (Lipinski definition) is 0. The van der Waals surface area contributed by atoms with Gasteiger partial charge in [0.15, 0.2) is 5.13 Å². The Bertz CT molecular complexity index is 915. The molecule has 10 heteroatoms. The van der Waals surface area contributed by atoms with E-state index in [4.69, 9.17) is 16.3 Å². The molecule has 0 saturated heterocycles. The summed E-state index contributed by atoms with van der Waals surface area (Å²) in [5.41, 5.74) is 0.249. The van der Waals surface area contributed by atoms with Gasteiger partial charge in [-0.3, -0.25) is 19.8 Å². The number of amides is 1. The molecule has 0 spiro atoms. The number of carbonyl (C=O) groups is 2. The Morgan fingerprint density at radius 1 is 1.31 bits per heavy atom. The van der Waals surface area contributed by atoms with E-state index in [1.807, 2.05) is 6.92 Å². The van der Waals surface area contributed by atoms with Crippen molar-refractivity contribution in [1.29, 1.82) is 0 Å². The largest absolute Gasteiger partial charge is 0.462 e. The molecule has 1 heterocycles. The molecule has 0 bridgehead atoms. The highest BCUT2D eigenvalue weighted by molar-refractivity contribution is 7.17. The summed E-state index contributed by atoms with van der Waals surface area (Å²) in [5.74, 6) is -0.998. The molecular formula is C19H22ClN3O5S. The number of thiazole rings is 1. The number of halogens is 1. The average molecular weight is 440 g/mol. The number of hydrogen-bond acceptors (Lipinski definition) is 7. The molecule has 156 valence electrons.